The minimum atomic E-state index is -4.45. The molecule has 0 radical (unpaired) electrons. The van der Waals surface area contributed by atoms with Gasteiger partial charge in [-0.1, -0.05) is 0 Å². The van der Waals surface area contributed by atoms with E-state index in [1.54, 1.807) is 11.0 Å². The summed E-state index contributed by atoms with van der Waals surface area (Å²) in [5.74, 6) is 0.365. The summed E-state index contributed by atoms with van der Waals surface area (Å²) in [6.07, 6.45) is -0.772. The second-order valence-corrected chi connectivity index (χ2v) is 11.8. The first-order valence-electron chi connectivity index (χ1n) is 12.3. The van der Waals surface area contributed by atoms with Crippen molar-refractivity contribution in [3.8, 4) is 0 Å². The maximum absolute atomic E-state index is 13.6. The van der Waals surface area contributed by atoms with Gasteiger partial charge in [0, 0.05) is 57.4 Å². The van der Waals surface area contributed by atoms with E-state index in [4.69, 9.17) is 4.74 Å². The number of halogens is 3. The summed E-state index contributed by atoms with van der Waals surface area (Å²) in [5, 5.41) is 0. The third kappa shape index (κ3) is 5.54. The molecule has 1 aliphatic carbocycles. The monoisotopic (exact) mass is 538 g/mol. The molecule has 0 N–H and O–H groups in total. The lowest BCUT2D eigenvalue weighted by Crippen LogP contribution is -2.49. The Bertz CT molecular complexity index is 1280. The number of piperazine rings is 1. The van der Waals surface area contributed by atoms with Crippen LogP contribution in [0, 0.1) is 0 Å². The van der Waals surface area contributed by atoms with Crippen LogP contribution < -0.4 is 9.80 Å². The molecule has 2 saturated heterocycles. The van der Waals surface area contributed by atoms with Crippen LogP contribution in [0.1, 0.15) is 40.2 Å². The molecular formula is C25H29F3N4O4S. The van der Waals surface area contributed by atoms with Gasteiger partial charge in [-0.2, -0.15) is 13.2 Å². The topological polar surface area (TPSA) is 83.0 Å². The number of anilines is 2. The Labute approximate surface area is 213 Å². The minimum absolute atomic E-state index is 0.0783. The Morgan fingerprint density at radius 1 is 1.00 bits per heavy atom. The van der Waals surface area contributed by atoms with Crippen molar-refractivity contribution < 1.29 is 31.1 Å². The molecule has 3 fully saturated rings. The first-order valence-corrected chi connectivity index (χ1v) is 14.2. The normalized spacial score (nSPS) is 19.3. The van der Waals surface area contributed by atoms with Gasteiger partial charge in [-0.25, -0.2) is 13.4 Å². The molecule has 0 atom stereocenters. The summed E-state index contributed by atoms with van der Waals surface area (Å²) >= 11 is 0. The van der Waals surface area contributed by atoms with E-state index in [2.05, 4.69) is 4.98 Å². The number of benzene rings is 1. The molecule has 1 amide bonds. The molecule has 2 aromatic rings. The molecule has 1 saturated carbocycles. The molecule has 0 bridgehead atoms. The maximum Gasteiger partial charge on any atom is 0.417 e. The quantitative estimate of drug-likeness (QED) is 0.578. The van der Waals surface area contributed by atoms with Gasteiger partial charge in [-0.05, 0) is 48.6 Å². The molecule has 37 heavy (non-hydrogen) atoms. The number of carbonyl (C=O) groups is 1. The smallest absolute Gasteiger partial charge is 0.378 e. The largest absolute Gasteiger partial charge is 0.417 e. The molecule has 0 unspecified atom stereocenters. The van der Waals surface area contributed by atoms with Gasteiger partial charge in [-0.15, -0.1) is 0 Å². The van der Waals surface area contributed by atoms with Gasteiger partial charge in [-0.3, -0.25) is 4.79 Å². The van der Waals surface area contributed by atoms with Crippen molar-refractivity contribution >= 4 is 27.2 Å². The number of nitrogens with zero attached hydrogens (tertiary/aromatic N) is 4. The first-order chi connectivity index (χ1) is 17.5. The van der Waals surface area contributed by atoms with Crippen molar-refractivity contribution in [2.24, 2.45) is 0 Å². The molecule has 1 aromatic carbocycles. The Morgan fingerprint density at radius 3 is 2.27 bits per heavy atom. The van der Waals surface area contributed by atoms with Gasteiger partial charge >= 0.3 is 6.18 Å². The van der Waals surface area contributed by atoms with E-state index in [1.807, 2.05) is 9.80 Å². The summed E-state index contributed by atoms with van der Waals surface area (Å²) in [5.41, 5.74) is 0.867. The zero-order chi connectivity index (χ0) is 26.4. The van der Waals surface area contributed by atoms with E-state index < -0.39 is 21.6 Å². The van der Waals surface area contributed by atoms with E-state index in [0.717, 1.165) is 25.3 Å². The van der Waals surface area contributed by atoms with E-state index in [1.165, 1.54) is 18.2 Å². The van der Waals surface area contributed by atoms with E-state index >= 15 is 0 Å². The Morgan fingerprint density at radius 2 is 1.68 bits per heavy atom. The van der Waals surface area contributed by atoms with E-state index in [9.17, 15) is 26.4 Å². The van der Waals surface area contributed by atoms with Crippen LogP contribution >= 0.6 is 0 Å². The van der Waals surface area contributed by atoms with Crippen molar-refractivity contribution in [2.75, 3.05) is 68.5 Å². The standard InChI is InChI=1S/C25H29F3N4O4S/c1-37(34,35)19-4-5-22(30-10-12-36-13-11-30)21(15-19)24(33)32-8-6-31(7-9-32)23-20(17-2-3-17)14-18(16-29-23)25(26,27)28/h4-5,14-17H,2-3,6-13H2,1H3. The maximum atomic E-state index is 13.6. The Kier molecular flexibility index (Phi) is 6.82. The highest BCUT2D eigenvalue weighted by molar-refractivity contribution is 7.90. The van der Waals surface area contributed by atoms with Crippen molar-refractivity contribution in [3.05, 3.63) is 47.2 Å². The molecule has 0 spiro atoms. The lowest BCUT2D eigenvalue weighted by Gasteiger charge is -2.37. The molecule has 200 valence electrons. The van der Waals surface area contributed by atoms with Gasteiger partial charge in [0.2, 0.25) is 0 Å². The van der Waals surface area contributed by atoms with Crippen molar-refractivity contribution in [3.63, 3.8) is 0 Å². The number of morpholine rings is 1. The van der Waals surface area contributed by atoms with Crippen LogP contribution in [0.15, 0.2) is 35.4 Å². The average Bonchev–Trinajstić information content (AvgIpc) is 3.73. The highest BCUT2D eigenvalue weighted by Gasteiger charge is 2.36. The number of amides is 1. The van der Waals surface area contributed by atoms with Gasteiger partial charge in [0.1, 0.15) is 5.82 Å². The predicted octanol–water partition coefficient (Wildman–Crippen LogP) is 3.18. The molecule has 1 aromatic heterocycles. The molecule has 12 heteroatoms. The number of carbonyl (C=O) groups excluding carboxylic acids is 1. The van der Waals surface area contributed by atoms with Crippen LogP contribution in [0.5, 0.6) is 0 Å². The molecule has 2 aliphatic heterocycles. The average molecular weight is 539 g/mol. The number of hydrogen-bond donors (Lipinski definition) is 0. The molecule has 3 aliphatic rings. The second kappa shape index (κ2) is 9.79. The Balaban J connectivity index is 1.36. The van der Waals surface area contributed by atoms with Gasteiger partial charge < -0.3 is 19.4 Å². The third-order valence-electron chi connectivity index (χ3n) is 7.08. The van der Waals surface area contributed by atoms with E-state index in [-0.39, 0.29) is 16.7 Å². The fraction of sp³-hybridized carbons (Fsp3) is 0.520. The number of pyridine rings is 1. The highest BCUT2D eigenvalue weighted by Crippen LogP contribution is 2.45. The number of ether oxygens (including phenoxy) is 1. The fourth-order valence-electron chi connectivity index (χ4n) is 4.88. The Hall–Kier alpha value is -2.86. The summed E-state index contributed by atoms with van der Waals surface area (Å²) in [6, 6.07) is 5.85. The minimum Gasteiger partial charge on any atom is -0.378 e. The van der Waals surface area contributed by atoms with Crippen LogP contribution in [-0.4, -0.2) is 82.9 Å². The zero-order valence-electron chi connectivity index (χ0n) is 20.5. The molecular weight excluding hydrogens is 509 g/mol. The van der Waals surface area contributed by atoms with Gasteiger partial charge in [0.15, 0.2) is 9.84 Å². The lowest BCUT2D eigenvalue weighted by molar-refractivity contribution is -0.137. The molecule has 5 rings (SSSR count). The number of alkyl halides is 3. The number of sulfone groups is 1. The molecule has 3 heterocycles. The lowest BCUT2D eigenvalue weighted by atomic mass is 10.1. The van der Waals surface area contributed by atoms with Gasteiger partial charge in [0.05, 0.1) is 29.2 Å². The number of hydrogen-bond acceptors (Lipinski definition) is 7. The summed E-state index contributed by atoms with van der Waals surface area (Å²) in [4.78, 5) is 23.5. The van der Waals surface area contributed by atoms with Crippen LogP contribution in [0.4, 0.5) is 24.7 Å². The third-order valence-corrected chi connectivity index (χ3v) is 8.19. The second-order valence-electron chi connectivity index (χ2n) is 9.74. The van der Waals surface area contributed by atoms with Crippen LogP contribution in [0.25, 0.3) is 0 Å². The summed E-state index contributed by atoms with van der Waals surface area (Å²) in [6.45, 7) is 3.75. The van der Waals surface area contributed by atoms with Crippen LogP contribution in [-0.2, 0) is 20.8 Å². The van der Waals surface area contributed by atoms with Crippen LogP contribution in [0.2, 0.25) is 0 Å². The number of aromatic nitrogens is 1. The highest BCUT2D eigenvalue weighted by atomic mass is 32.2. The fourth-order valence-corrected chi connectivity index (χ4v) is 5.52. The SMILES string of the molecule is CS(=O)(=O)c1ccc(N2CCOCC2)c(C(=O)N2CCN(c3ncc(C(F)(F)F)cc3C3CC3)CC2)c1. The summed E-state index contributed by atoms with van der Waals surface area (Å²) < 4.78 is 69.6. The summed E-state index contributed by atoms with van der Waals surface area (Å²) in [7, 11) is -3.51. The molecule has 8 nitrogen and oxygen atoms in total. The van der Waals surface area contributed by atoms with Crippen molar-refractivity contribution in [2.45, 2.75) is 29.8 Å². The first kappa shape index (κ1) is 25.8. The number of rotatable bonds is 5. The van der Waals surface area contributed by atoms with Gasteiger partial charge in [0.25, 0.3) is 5.91 Å². The van der Waals surface area contributed by atoms with Crippen LogP contribution in [0.3, 0.4) is 0 Å². The van der Waals surface area contributed by atoms with E-state index in [0.29, 0.717) is 75.1 Å². The zero-order valence-corrected chi connectivity index (χ0v) is 21.3. The van der Waals surface area contributed by atoms with Crippen molar-refractivity contribution in [1.82, 2.24) is 9.88 Å². The predicted molar refractivity (Wildman–Crippen MR) is 132 cm³/mol. The van der Waals surface area contributed by atoms with Crippen molar-refractivity contribution in [1.29, 1.82) is 0 Å².